The summed E-state index contributed by atoms with van der Waals surface area (Å²) in [4.78, 5) is 8.46. The minimum absolute atomic E-state index is 0.0472. The Morgan fingerprint density at radius 2 is 1.70 bits per heavy atom. The number of nitrogens with zero attached hydrogens (tertiary/aromatic N) is 2. The summed E-state index contributed by atoms with van der Waals surface area (Å²) in [5, 5.41) is 0.694. The molecule has 0 amide bonds. The summed E-state index contributed by atoms with van der Waals surface area (Å²) in [6, 6.07) is 10.7. The number of sulfonamides is 1. The van der Waals surface area contributed by atoms with E-state index in [0.29, 0.717) is 16.5 Å². The molecule has 0 atom stereocenters. The molecule has 0 aliphatic rings. The first kappa shape index (κ1) is 19.4. The zero-order chi connectivity index (χ0) is 19.6. The summed E-state index contributed by atoms with van der Waals surface area (Å²) in [7, 11) is -3.88. The van der Waals surface area contributed by atoms with Crippen molar-refractivity contribution in [1.82, 2.24) is 9.97 Å². The van der Waals surface area contributed by atoms with E-state index in [9.17, 15) is 8.42 Å². The minimum atomic E-state index is -3.88. The number of ether oxygens (including phenoxy) is 1. The molecule has 2 aromatic heterocycles. The largest absolute Gasteiger partial charge is 0.435 e. The second-order valence-corrected chi connectivity index (χ2v) is 8.26. The fraction of sp³-hybridized carbons (Fsp3) is 0.111. The Balaban J connectivity index is 1.95. The number of halogens is 2. The van der Waals surface area contributed by atoms with Gasteiger partial charge in [-0.2, -0.15) is 0 Å². The Morgan fingerprint density at radius 3 is 2.37 bits per heavy atom. The van der Waals surface area contributed by atoms with Crippen molar-refractivity contribution in [3.8, 4) is 11.6 Å². The van der Waals surface area contributed by atoms with E-state index in [-0.39, 0.29) is 21.5 Å². The normalized spacial score (nSPS) is 11.3. The van der Waals surface area contributed by atoms with Gasteiger partial charge in [0.2, 0.25) is 5.88 Å². The third kappa shape index (κ3) is 4.68. The van der Waals surface area contributed by atoms with Crippen molar-refractivity contribution in [3.05, 3.63) is 70.1 Å². The van der Waals surface area contributed by atoms with Crippen molar-refractivity contribution >= 4 is 38.9 Å². The van der Waals surface area contributed by atoms with Crippen LogP contribution in [0.15, 0.2) is 53.6 Å². The molecule has 0 fully saturated rings. The van der Waals surface area contributed by atoms with Gasteiger partial charge in [-0.15, -0.1) is 0 Å². The highest BCUT2D eigenvalue weighted by atomic mass is 35.5. The van der Waals surface area contributed by atoms with Crippen LogP contribution in [0.2, 0.25) is 10.0 Å². The molecule has 0 spiro atoms. The summed E-state index contributed by atoms with van der Waals surface area (Å²) in [5.41, 5.74) is 1.60. The molecule has 3 rings (SSSR count). The molecule has 0 radical (unpaired) electrons. The molecule has 2 heterocycles. The van der Waals surface area contributed by atoms with Crippen LogP contribution in [0.3, 0.4) is 0 Å². The van der Waals surface area contributed by atoms with Crippen LogP contribution < -0.4 is 9.46 Å². The van der Waals surface area contributed by atoms with Crippen LogP contribution in [-0.4, -0.2) is 18.4 Å². The van der Waals surface area contributed by atoms with E-state index in [2.05, 4.69) is 14.7 Å². The zero-order valence-electron chi connectivity index (χ0n) is 14.4. The van der Waals surface area contributed by atoms with Gasteiger partial charge in [-0.05, 0) is 56.3 Å². The molecule has 0 bridgehead atoms. The second-order valence-electron chi connectivity index (χ2n) is 5.70. The molecule has 140 valence electrons. The number of rotatable bonds is 5. The molecule has 1 N–H and O–H groups in total. The number of pyridine rings is 2. The van der Waals surface area contributed by atoms with Gasteiger partial charge in [0.1, 0.15) is 5.69 Å². The fourth-order valence-corrected chi connectivity index (χ4v) is 3.62. The smallest absolute Gasteiger partial charge is 0.262 e. The van der Waals surface area contributed by atoms with Crippen LogP contribution in [0.5, 0.6) is 11.6 Å². The van der Waals surface area contributed by atoms with Crippen LogP contribution in [0, 0.1) is 13.8 Å². The zero-order valence-corrected chi connectivity index (χ0v) is 16.7. The van der Waals surface area contributed by atoms with Crippen LogP contribution >= 0.6 is 23.2 Å². The number of hydrogen-bond donors (Lipinski definition) is 1. The number of anilines is 1. The first-order valence-corrected chi connectivity index (χ1v) is 10.0. The third-order valence-electron chi connectivity index (χ3n) is 3.57. The number of aromatic nitrogens is 2. The van der Waals surface area contributed by atoms with Gasteiger partial charge in [0.05, 0.1) is 15.6 Å². The van der Waals surface area contributed by atoms with Crippen LogP contribution in [0.25, 0.3) is 0 Å². The monoisotopic (exact) mass is 423 g/mol. The molecule has 0 aliphatic carbocycles. The fourth-order valence-electron chi connectivity index (χ4n) is 2.28. The molecular weight excluding hydrogens is 409 g/mol. The molecular formula is C18H15Cl2N3O3S. The van der Waals surface area contributed by atoms with Gasteiger partial charge in [0.15, 0.2) is 5.75 Å². The topological polar surface area (TPSA) is 81.2 Å². The number of benzene rings is 1. The molecule has 0 unspecified atom stereocenters. The summed E-state index contributed by atoms with van der Waals surface area (Å²) in [6.07, 6.45) is 1.37. The number of hydrogen-bond acceptors (Lipinski definition) is 5. The first-order valence-electron chi connectivity index (χ1n) is 7.80. The predicted molar refractivity (Wildman–Crippen MR) is 105 cm³/mol. The Bertz CT molecular complexity index is 1090. The van der Waals surface area contributed by atoms with Crippen LogP contribution in [-0.2, 0) is 10.0 Å². The van der Waals surface area contributed by atoms with E-state index in [1.165, 1.54) is 36.5 Å². The average Bonchev–Trinajstić information content (AvgIpc) is 2.59. The van der Waals surface area contributed by atoms with E-state index >= 15 is 0 Å². The second kappa shape index (κ2) is 7.72. The lowest BCUT2D eigenvalue weighted by Crippen LogP contribution is -2.14. The van der Waals surface area contributed by atoms with E-state index in [4.69, 9.17) is 27.9 Å². The van der Waals surface area contributed by atoms with Gasteiger partial charge >= 0.3 is 0 Å². The van der Waals surface area contributed by atoms with E-state index < -0.39 is 10.0 Å². The summed E-state index contributed by atoms with van der Waals surface area (Å²) < 4.78 is 33.5. The SMILES string of the molecule is Cc1ccc(Oc2ncc(Cl)cc2NS(=O)(=O)c2ccc(Cl)cc2)c(C)n1. The van der Waals surface area contributed by atoms with Crippen molar-refractivity contribution in [2.45, 2.75) is 18.7 Å². The number of aryl methyl sites for hydroxylation is 2. The summed E-state index contributed by atoms with van der Waals surface area (Å²) in [5.74, 6) is 0.521. The van der Waals surface area contributed by atoms with E-state index in [0.717, 1.165) is 5.69 Å². The number of nitrogens with one attached hydrogen (secondary N) is 1. The lowest BCUT2D eigenvalue weighted by Gasteiger charge is -2.14. The van der Waals surface area contributed by atoms with Gasteiger partial charge in [-0.3, -0.25) is 9.71 Å². The van der Waals surface area contributed by atoms with Crippen LogP contribution in [0.4, 0.5) is 5.69 Å². The quantitative estimate of drug-likeness (QED) is 0.624. The highest BCUT2D eigenvalue weighted by Gasteiger charge is 2.19. The van der Waals surface area contributed by atoms with Gasteiger partial charge in [-0.1, -0.05) is 23.2 Å². The Labute approximate surface area is 167 Å². The molecule has 0 saturated heterocycles. The van der Waals surface area contributed by atoms with Gasteiger partial charge < -0.3 is 4.74 Å². The molecule has 27 heavy (non-hydrogen) atoms. The Hall–Kier alpha value is -2.35. The Morgan fingerprint density at radius 1 is 1.00 bits per heavy atom. The maximum absolute atomic E-state index is 12.6. The van der Waals surface area contributed by atoms with Gasteiger partial charge in [0.25, 0.3) is 10.0 Å². The molecule has 3 aromatic rings. The highest BCUT2D eigenvalue weighted by Crippen LogP contribution is 2.32. The van der Waals surface area contributed by atoms with Crippen molar-refractivity contribution in [1.29, 1.82) is 0 Å². The van der Waals surface area contributed by atoms with E-state index in [1.807, 2.05) is 6.92 Å². The molecule has 6 nitrogen and oxygen atoms in total. The van der Waals surface area contributed by atoms with Crippen molar-refractivity contribution in [3.63, 3.8) is 0 Å². The van der Waals surface area contributed by atoms with Crippen LogP contribution in [0.1, 0.15) is 11.4 Å². The van der Waals surface area contributed by atoms with Crippen molar-refractivity contribution in [2.75, 3.05) is 4.72 Å². The summed E-state index contributed by atoms with van der Waals surface area (Å²) >= 11 is 11.8. The third-order valence-corrected chi connectivity index (χ3v) is 5.41. The molecule has 9 heteroatoms. The standard InChI is InChI=1S/C18H15Cl2N3O3S/c1-11-3-8-17(12(2)22-11)26-18-16(9-14(20)10-21-18)23-27(24,25)15-6-4-13(19)5-7-15/h3-10,23H,1-2H3. The van der Waals surface area contributed by atoms with Crippen molar-refractivity contribution in [2.24, 2.45) is 0 Å². The average molecular weight is 424 g/mol. The van der Waals surface area contributed by atoms with Gasteiger partial charge in [-0.25, -0.2) is 13.4 Å². The molecule has 1 aromatic carbocycles. The lowest BCUT2D eigenvalue weighted by atomic mass is 10.3. The molecule has 0 saturated carbocycles. The highest BCUT2D eigenvalue weighted by molar-refractivity contribution is 7.92. The lowest BCUT2D eigenvalue weighted by molar-refractivity contribution is 0.458. The van der Waals surface area contributed by atoms with Gasteiger partial charge in [0, 0.05) is 16.9 Å². The van der Waals surface area contributed by atoms with Crippen molar-refractivity contribution < 1.29 is 13.2 Å². The summed E-state index contributed by atoms with van der Waals surface area (Å²) in [6.45, 7) is 3.65. The molecule has 0 aliphatic heterocycles. The maximum atomic E-state index is 12.6. The Kier molecular flexibility index (Phi) is 5.55. The van der Waals surface area contributed by atoms with E-state index in [1.54, 1.807) is 19.1 Å². The predicted octanol–water partition coefficient (Wildman–Crippen LogP) is 4.99. The minimum Gasteiger partial charge on any atom is -0.435 e. The maximum Gasteiger partial charge on any atom is 0.262 e. The first-order chi connectivity index (χ1) is 12.7.